The first kappa shape index (κ1) is 20.7. The average molecular weight is 393 g/mol. The Morgan fingerprint density at radius 1 is 1.19 bits per heavy atom. The molecule has 0 radical (unpaired) electrons. The highest BCUT2D eigenvalue weighted by molar-refractivity contribution is 7.09. The SMILES string of the molecule is CC(C)(C)c1nc(CN2CCN(C(=O)CC3(CN)CCCCC3)CC2)cs1. The number of rotatable bonds is 5. The zero-order valence-electron chi connectivity index (χ0n) is 17.3. The number of aromatic nitrogens is 1. The molecule has 0 unspecified atom stereocenters. The fraction of sp³-hybridized carbons (Fsp3) is 0.810. The van der Waals surface area contributed by atoms with Crippen LogP contribution in [0.1, 0.15) is 70.0 Å². The van der Waals surface area contributed by atoms with Crippen LogP contribution in [0, 0.1) is 5.41 Å². The fourth-order valence-corrected chi connectivity index (χ4v) is 5.19. The lowest BCUT2D eigenvalue weighted by atomic mass is 9.71. The van der Waals surface area contributed by atoms with E-state index in [4.69, 9.17) is 10.7 Å². The quantitative estimate of drug-likeness (QED) is 0.834. The van der Waals surface area contributed by atoms with E-state index < -0.39 is 0 Å². The van der Waals surface area contributed by atoms with Crippen molar-refractivity contribution in [2.45, 2.75) is 71.3 Å². The van der Waals surface area contributed by atoms with Crippen LogP contribution in [-0.2, 0) is 16.8 Å². The molecule has 2 aliphatic rings. The van der Waals surface area contributed by atoms with E-state index in [0.717, 1.165) is 51.3 Å². The number of hydrogen-bond acceptors (Lipinski definition) is 5. The molecule has 1 aromatic heterocycles. The lowest BCUT2D eigenvalue weighted by Crippen LogP contribution is -2.50. The molecule has 27 heavy (non-hydrogen) atoms. The number of carbonyl (C=O) groups is 1. The van der Waals surface area contributed by atoms with Gasteiger partial charge in [-0.05, 0) is 24.8 Å². The van der Waals surface area contributed by atoms with E-state index in [2.05, 4.69) is 36.0 Å². The van der Waals surface area contributed by atoms with Crippen LogP contribution in [0.5, 0.6) is 0 Å². The second kappa shape index (κ2) is 8.58. The van der Waals surface area contributed by atoms with Crippen LogP contribution in [0.25, 0.3) is 0 Å². The Morgan fingerprint density at radius 3 is 2.41 bits per heavy atom. The van der Waals surface area contributed by atoms with E-state index in [0.29, 0.717) is 18.9 Å². The molecule has 2 N–H and O–H groups in total. The van der Waals surface area contributed by atoms with Crippen molar-refractivity contribution in [2.24, 2.45) is 11.1 Å². The number of nitrogens with two attached hydrogens (primary N) is 1. The highest BCUT2D eigenvalue weighted by atomic mass is 32.1. The summed E-state index contributed by atoms with van der Waals surface area (Å²) in [4.78, 5) is 22.1. The van der Waals surface area contributed by atoms with Gasteiger partial charge in [-0.2, -0.15) is 0 Å². The summed E-state index contributed by atoms with van der Waals surface area (Å²) in [6, 6.07) is 0. The number of thiazole rings is 1. The van der Waals surface area contributed by atoms with Gasteiger partial charge in [0, 0.05) is 49.9 Å². The summed E-state index contributed by atoms with van der Waals surface area (Å²) in [5.74, 6) is 0.311. The van der Waals surface area contributed by atoms with Crippen molar-refractivity contribution in [1.29, 1.82) is 0 Å². The molecule has 1 saturated carbocycles. The molecule has 0 aromatic carbocycles. The van der Waals surface area contributed by atoms with Crippen LogP contribution < -0.4 is 5.73 Å². The molecule has 2 heterocycles. The van der Waals surface area contributed by atoms with Crippen molar-refractivity contribution in [3.8, 4) is 0 Å². The van der Waals surface area contributed by atoms with Gasteiger partial charge in [0.15, 0.2) is 0 Å². The minimum absolute atomic E-state index is 0.0659. The molecule has 6 heteroatoms. The van der Waals surface area contributed by atoms with Crippen LogP contribution in [0.3, 0.4) is 0 Å². The Balaban J connectivity index is 1.48. The maximum absolute atomic E-state index is 12.9. The molecule has 0 bridgehead atoms. The Hall–Kier alpha value is -0.980. The summed E-state index contributed by atoms with van der Waals surface area (Å²) >= 11 is 1.76. The lowest BCUT2D eigenvalue weighted by Gasteiger charge is -2.39. The van der Waals surface area contributed by atoms with Crippen LogP contribution >= 0.6 is 11.3 Å². The molecule has 152 valence electrons. The molecule has 0 spiro atoms. The van der Waals surface area contributed by atoms with Crippen molar-refractivity contribution in [3.05, 3.63) is 16.1 Å². The molecule has 5 nitrogen and oxygen atoms in total. The minimum atomic E-state index is 0.0659. The fourth-order valence-electron chi connectivity index (χ4n) is 4.30. The second-order valence-electron chi connectivity index (χ2n) is 9.49. The zero-order chi connectivity index (χ0) is 19.5. The molecule has 2 fully saturated rings. The number of hydrogen-bond donors (Lipinski definition) is 1. The summed E-state index contributed by atoms with van der Waals surface area (Å²) in [7, 11) is 0. The largest absolute Gasteiger partial charge is 0.340 e. The Kier molecular flexibility index (Phi) is 6.59. The van der Waals surface area contributed by atoms with Gasteiger partial charge in [-0.1, -0.05) is 40.0 Å². The maximum Gasteiger partial charge on any atom is 0.223 e. The van der Waals surface area contributed by atoms with Crippen molar-refractivity contribution >= 4 is 17.2 Å². The molecule has 1 saturated heterocycles. The molecule has 3 rings (SSSR count). The van der Waals surface area contributed by atoms with Crippen LogP contribution in [-0.4, -0.2) is 53.4 Å². The first-order valence-electron chi connectivity index (χ1n) is 10.5. The van der Waals surface area contributed by atoms with E-state index in [1.807, 2.05) is 0 Å². The first-order valence-corrected chi connectivity index (χ1v) is 11.3. The number of piperazine rings is 1. The minimum Gasteiger partial charge on any atom is -0.340 e. The van der Waals surface area contributed by atoms with Gasteiger partial charge >= 0.3 is 0 Å². The summed E-state index contributed by atoms with van der Waals surface area (Å²) in [5.41, 5.74) is 7.42. The summed E-state index contributed by atoms with van der Waals surface area (Å²) in [6.45, 7) is 11.7. The Morgan fingerprint density at radius 2 is 1.85 bits per heavy atom. The Bertz CT molecular complexity index is 622. The third-order valence-corrected chi connectivity index (χ3v) is 7.49. The predicted molar refractivity (Wildman–Crippen MR) is 112 cm³/mol. The normalized spacial score (nSPS) is 21.4. The van der Waals surface area contributed by atoms with Crippen molar-refractivity contribution in [2.75, 3.05) is 32.7 Å². The Labute approximate surface area is 168 Å². The molecular formula is C21H36N4OS. The van der Waals surface area contributed by atoms with Gasteiger partial charge in [0.1, 0.15) is 0 Å². The standard InChI is InChI=1S/C21H36N4OS/c1-20(2,3)19-23-17(15-27-19)14-24-9-11-25(12-10-24)18(26)13-21(16-22)7-5-4-6-8-21/h15H,4-14,16,22H2,1-3H3. The predicted octanol–water partition coefficient (Wildman–Crippen LogP) is 3.38. The number of amides is 1. The van der Waals surface area contributed by atoms with Crippen LogP contribution in [0.2, 0.25) is 0 Å². The highest BCUT2D eigenvalue weighted by Gasteiger charge is 2.35. The van der Waals surface area contributed by atoms with Gasteiger partial charge in [0.2, 0.25) is 5.91 Å². The molecule has 1 aliphatic heterocycles. The molecular weight excluding hydrogens is 356 g/mol. The third-order valence-electron chi connectivity index (χ3n) is 6.18. The van der Waals surface area contributed by atoms with E-state index in [1.165, 1.54) is 24.3 Å². The van der Waals surface area contributed by atoms with E-state index in [9.17, 15) is 4.79 Å². The first-order chi connectivity index (χ1) is 12.8. The summed E-state index contributed by atoms with van der Waals surface area (Å²) in [6.07, 6.45) is 6.63. The summed E-state index contributed by atoms with van der Waals surface area (Å²) in [5, 5.41) is 3.39. The number of carbonyl (C=O) groups excluding carboxylic acids is 1. The van der Waals surface area contributed by atoms with Crippen LogP contribution in [0.15, 0.2) is 5.38 Å². The van der Waals surface area contributed by atoms with E-state index >= 15 is 0 Å². The van der Waals surface area contributed by atoms with E-state index in [1.54, 1.807) is 11.3 Å². The van der Waals surface area contributed by atoms with Gasteiger partial charge in [-0.25, -0.2) is 4.98 Å². The maximum atomic E-state index is 12.9. The third kappa shape index (κ3) is 5.30. The molecule has 0 atom stereocenters. The van der Waals surface area contributed by atoms with E-state index in [-0.39, 0.29) is 10.8 Å². The summed E-state index contributed by atoms with van der Waals surface area (Å²) < 4.78 is 0. The van der Waals surface area contributed by atoms with Gasteiger partial charge < -0.3 is 10.6 Å². The average Bonchev–Trinajstić information content (AvgIpc) is 3.12. The molecule has 1 amide bonds. The lowest BCUT2D eigenvalue weighted by molar-refractivity contribution is -0.136. The smallest absolute Gasteiger partial charge is 0.223 e. The zero-order valence-corrected chi connectivity index (χ0v) is 18.1. The highest BCUT2D eigenvalue weighted by Crippen LogP contribution is 2.38. The van der Waals surface area contributed by atoms with Crippen molar-refractivity contribution < 1.29 is 4.79 Å². The monoisotopic (exact) mass is 392 g/mol. The van der Waals surface area contributed by atoms with Crippen molar-refractivity contribution in [1.82, 2.24) is 14.8 Å². The van der Waals surface area contributed by atoms with Gasteiger partial charge in [0.05, 0.1) is 10.7 Å². The second-order valence-corrected chi connectivity index (χ2v) is 10.4. The van der Waals surface area contributed by atoms with Gasteiger partial charge in [0.25, 0.3) is 0 Å². The van der Waals surface area contributed by atoms with Gasteiger partial charge in [-0.15, -0.1) is 11.3 Å². The van der Waals surface area contributed by atoms with Crippen molar-refractivity contribution in [3.63, 3.8) is 0 Å². The topological polar surface area (TPSA) is 62.5 Å². The molecule has 1 aliphatic carbocycles. The van der Waals surface area contributed by atoms with Crippen LogP contribution in [0.4, 0.5) is 0 Å². The van der Waals surface area contributed by atoms with Gasteiger partial charge in [-0.3, -0.25) is 9.69 Å². The number of nitrogens with zero attached hydrogens (tertiary/aromatic N) is 3. The molecule has 1 aromatic rings.